The predicted molar refractivity (Wildman–Crippen MR) is 106 cm³/mol. The minimum absolute atomic E-state index is 0.671. The van der Waals surface area contributed by atoms with Crippen LogP contribution in [0.5, 0.6) is 11.5 Å². The van der Waals surface area contributed by atoms with Crippen LogP contribution in [0, 0.1) is 0 Å². The number of nitrogens with zero attached hydrogens (tertiary/aromatic N) is 2. The molecule has 0 radical (unpaired) electrons. The van der Waals surface area contributed by atoms with E-state index < -0.39 is 0 Å². The van der Waals surface area contributed by atoms with Gasteiger partial charge < -0.3 is 19.8 Å². The lowest BCUT2D eigenvalue weighted by atomic mass is 10.1. The molecule has 0 aliphatic heterocycles. The lowest BCUT2D eigenvalue weighted by Crippen LogP contribution is -2.00. The first-order valence-electron chi connectivity index (χ1n) is 8.63. The van der Waals surface area contributed by atoms with Gasteiger partial charge in [0.2, 0.25) is 5.95 Å². The van der Waals surface area contributed by atoms with Gasteiger partial charge in [0.1, 0.15) is 0 Å². The quantitative estimate of drug-likeness (QED) is 0.538. The Bertz CT molecular complexity index is 1060. The molecule has 0 amide bonds. The number of aromatic nitrogens is 3. The fourth-order valence-corrected chi connectivity index (χ4v) is 2.93. The highest BCUT2D eigenvalue weighted by Gasteiger charge is 2.10. The molecule has 0 saturated carbocycles. The van der Waals surface area contributed by atoms with Crippen LogP contribution in [-0.2, 0) is 6.54 Å². The topological polar surface area (TPSA) is 72.1 Å². The van der Waals surface area contributed by atoms with E-state index in [0.717, 1.165) is 28.2 Å². The summed E-state index contributed by atoms with van der Waals surface area (Å²) in [5.41, 5.74) is 4.70. The molecule has 0 spiro atoms. The molecular weight excluding hydrogens is 340 g/mol. The third-order valence-corrected chi connectivity index (χ3v) is 4.35. The van der Waals surface area contributed by atoms with Gasteiger partial charge in [-0.3, -0.25) is 4.98 Å². The molecule has 6 heteroatoms. The van der Waals surface area contributed by atoms with Crippen molar-refractivity contribution in [2.24, 2.45) is 0 Å². The van der Waals surface area contributed by atoms with Crippen LogP contribution < -0.4 is 14.8 Å². The zero-order valence-electron chi connectivity index (χ0n) is 15.2. The van der Waals surface area contributed by atoms with Crippen molar-refractivity contribution < 1.29 is 9.47 Å². The van der Waals surface area contributed by atoms with Crippen molar-refractivity contribution in [1.82, 2.24) is 15.0 Å². The summed E-state index contributed by atoms with van der Waals surface area (Å²) in [6, 6.07) is 17.9. The molecule has 2 aromatic carbocycles. The average Bonchev–Trinajstić information content (AvgIpc) is 3.14. The Hall–Kier alpha value is -3.54. The van der Waals surface area contributed by atoms with E-state index >= 15 is 0 Å². The Morgan fingerprint density at radius 2 is 1.78 bits per heavy atom. The lowest BCUT2D eigenvalue weighted by molar-refractivity contribution is 0.355. The van der Waals surface area contributed by atoms with Gasteiger partial charge in [0, 0.05) is 12.1 Å². The smallest absolute Gasteiger partial charge is 0.201 e. The van der Waals surface area contributed by atoms with Crippen LogP contribution >= 0.6 is 0 Å². The molecule has 0 aliphatic carbocycles. The molecule has 6 nitrogen and oxygen atoms in total. The zero-order chi connectivity index (χ0) is 18.6. The maximum Gasteiger partial charge on any atom is 0.201 e. The average molecular weight is 360 g/mol. The van der Waals surface area contributed by atoms with E-state index in [-0.39, 0.29) is 0 Å². The molecule has 2 heterocycles. The largest absolute Gasteiger partial charge is 0.493 e. The first kappa shape index (κ1) is 16.9. The molecule has 27 heavy (non-hydrogen) atoms. The van der Waals surface area contributed by atoms with Gasteiger partial charge in [-0.05, 0) is 29.8 Å². The van der Waals surface area contributed by atoms with E-state index in [1.54, 1.807) is 20.4 Å². The number of ether oxygens (including phenoxy) is 2. The van der Waals surface area contributed by atoms with Gasteiger partial charge in [-0.2, -0.15) is 0 Å². The maximum absolute atomic E-state index is 5.38. The highest BCUT2D eigenvalue weighted by molar-refractivity contribution is 5.81. The Balaban J connectivity index is 1.59. The molecule has 0 aliphatic rings. The summed E-state index contributed by atoms with van der Waals surface area (Å²) in [4.78, 5) is 12.4. The maximum atomic E-state index is 5.38. The number of hydrogen-bond acceptors (Lipinski definition) is 5. The highest BCUT2D eigenvalue weighted by atomic mass is 16.5. The van der Waals surface area contributed by atoms with Crippen LogP contribution in [0.1, 0.15) is 5.56 Å². The molecule has 136 valence electrons. The number of H-pyrrole nitrogens is 1. The summed E-state index contributed by atoms with van der Waals surface area (Å²) >= 11 is 0. The van der Waals surface area contributed by atoms with E-state index in [9.17, 15) is 0 Å². The number of fused-ring (bicyclic) bond motifs is 1. The molecule has 0 bridgehead atoms. The van der Waals surface area contributed by atoms with Crippen molar-refractivity contribution >= 4 is 17.0 Å². The second-order valence-electron chi connectivity index (χ2n) is 6.08. The van der Waals surface area contributed by atoms with Crippen LogP contribution in [0.3, 0.4) is 0 Å². The lowest BCUT2D eigenvalue weighted by Gasteiger charge is -2.09. The normalized spacial score (nSPS) is 10.7. The second kappa shape index (κ2) is 7.37. The van der Waals surface area contributed by atoms with Gasteiger partial charge in [-0.1, -0.05) is 30.3 Å². The summed E-state index contributed by atoms with van der Waals surface area (Å²) in [5, 5.41) is 3.31. The van der Waals surface area contributed by atoms with E-state index in [1.807, 2.05) is 42.5 Å². The van der Waals surface area contributed by atoms with Crippen molar-refractivity contribution in [2.75, 3.05) is 19.5 Å². The highest BCUT2D eigenvalue weighted by Crippen LogP contribution is 2.32. The zero-order valence-corrected chi connectivity index (χ0v) is 15.2. The number of nitrogens with one attached hydrogen (secondary N) is 2. The summed E-state index contributed by atoms with van der Waals surface area (Å²) in [6.45, 7) is 0.705. The van der Waals surface area contributed by atoms with Crippen molar-refractivity contribution in [1.29, 1.82) is 0 Å². The SMILES string of the molecule is COc1ccc(-c2cc3nc(NCc4ccccc4)[nH]c3cn2)cc1OC. The number of rotatable bonds is 6. The molecule has 2 aromatic heterocycles. The standard InChI is InChI=1S/C21H20N4O2/c1-26-19-9-8-15(10-20(19)27-2)16-11-17-18(13-22-16)25-21(24-17)23-12-14-6-4-3-5-7-14/h3-11,13H,12H2,1-2H3,(H2,23,24,25). The summed E-state index contributed by atoms with van der Waals surface area (Å²) in [7, 11) is 3.24. The van der Waals surface area contributed by atoms with Crippen LogP contribution in [-0.4, -0.2) is 29.2 Å². The van der Waals surface area contributed by atoms with E-state index in [0.29, 0.717) is 18.0 Å². The second-order valence-corrected chi connectivity index (χ2v) is 6.08. The minimum Gasteiger partial charge on any atom is -0.493 e. The van der Waals surface area contributed by atoms with E-state index in [1.165, 1.54) is 5.56 Å². The minimum atomic E-state index is 0.671. The molecule has 0 saturated heterocycles. The van der Waals surface area contributed by atoms with Gasteiger partial charge >= 0.3 is 0 Å². The fourth-order valence-electron chi connectivity index (χ4n) is 2.93. The van der Waals surface area contributed by atoms with Crippen LogP contribution in [0.4, 0.5) is 5.95 Å². The Morgan fingerprint density at radius 1 is 0.963 bits per heavy atom. The first-order valence-corrected chi connectivity index (χ1v) is 8.63. The van der Waals surface area contributed by atoms with Crippen LogP contribution in [0.15, 0.2) is 60.8 Å². The molecule has 4 aromatic rings. The van der Waals surface area contributed by atoms with Crippen molar-refractivity contribution in [2.45, 2.75) is 6.54 Å². The molecule has 0 atom stereocenters. The fraction of sp³-hybridized carbons (Fsp3) is 0.143. The van der Waals surface area contributed by atoms with Crippen LogP contribution in [0.2, 0.25) is 0 Å². The molecule has 0 unspecified atom stereocenters. The van der Waals surface area contributed by atoms with Gasteiger partial charge in [0.25, 0.3) is 0 Å². The Morgan fingerprint density at radius 3 is 2.56 bits per heavy atom. The van der Waals surface area contributed by atoms with Gasteiger partial charge in [-0.15, -0.1) is 0 Å². The van der Waals surface area contributed by atoms with Gasteiger partial charge in [-0.25, -0.2) is 4.98 Å². The number of pyridine rings is 1. The van der Waals surface area contributed by atoms with E-state index in [4.69, 9.17) is 9.47 Å². The molecule has 0 fully saturated rings. The van der Waals surface area contributed by atoms with Crippen molar-refractivity contribution in [3.8, 4) is 22.8 Å². The molecular formula is C21H20N4O2. The summed E-state index contributed by atoms with van der Waals surface area (Å²) in [5.74, 6) is 2.08. The van der Waals surface area contributed by atoms with Gasteiger partial charge in [0.05, 0.1) is 37.1 Å². The predicted octanol–water partition coefficient (Wildman–Crippen LogP) is 4.25. The monoisotopic (exact) mass is 360 g/mol. The Kier molecular flexibility index (Phi) is 4.61. The van der Waals surface area contributed by atoms with Gasteiger partial charge in [0.15, 0.2) is 11.5 Å². The van der Waals surface area contributed by atoms with Crippen molar-refractivity contribution in [3.63, 3.8) is 0 Å². The summed E-state index contributed by atoms with van der Waals surface area (Å²) < 4.78 is 10.7. The third kappa shape index (κ3) is 3.55. The number of methoxy groups -OCH3 is 2. The number of imidazole rings is 1. The first-order chi connectivity index (χ1) is 13.3. The van der Waals surface area contributed by atoms with Crippen molar-refractivity contribution in [3.05, 3.63) is 66.4 Å². The number of anilines is 1. The third-order valence-electron chi connectivity index (χ3n) is 4.35. The molecule has 2 N–H and O–H groups in total. The number of aromatic amines is 1. The van der Waals surface area contributed by atoms with E-state index in [2.05, 4.69) is 32.4 Å². The summed E-state index contributed by atoms with van der Waals surface area (Å²) in [6.07, 6.45) is 1.79. The Labute approximate surface area is 157 Å². The number of benzene rings is 2. The van der Waals surface area contributed by atoms with Crippen LogP contribution in [0.25, 0.3) is 22.3 Å². The molecule has 4 rings (SSSR count). The number of hydrogen-bond donors (Lipinski definition) is 2.